The van der Waals surface area contributed by atoms with E-state index in [1.54, 1.807) is 14.0 Å². The summed E-state index contributed by atoms with van der Waals surface area (Å²) in [4.78, 5) is 13.1. The molecule has 0 heterocycles. The van der Waals surface area contributed by atoms with Gasteiger partial charge in [-0.25, -0.2) is 8.42 Å². The first-order valence-corrected chi connectivity index (χ1v) is 6.85. The smallest absolute Gasteiger partial charge is 0.237 e. The minimum absolute atomic E-state index is 0.128. The Bertz CT molecular complexity index is 333. The van der Waals surface area contributed by atoms with Crippen LogP contribution in [0.1, 0.15) is 19.8 Å². The zero-order chi connectivity index (χ0) is 11.6. The zero-order valence-corrected chi connectivity index (χ0v) is 9.96. The van der Waals surface area contributed by atoms with E-state index in [1.165, 1.54) is 4.90 Å². The highest BCUT2D eigenvalue weighted by molar-refractivity contribution is 7.92. The van der Waals surface area contributed by atoms with E-state index in [0.29, 0.717) is 0 Å². The SMILES string of the molecule is CC(N)CS(=O)(=O)CC(=O)N(C)C1CC1. The molecule has 88 valence electrons. The van der Waals surface area contributed by atoms with E-state index < -0.39 is 21.6 Å². The lowest BCUT2D eigenvalue weighted by Gasteiger charge is -2.16. The molecule has 0 bridgehead atoms. The average Bonchev–Trinajstić information content (AvgIpc) is 2.80. The molecule has 1 aliphatic rings. The van der Waals surface area contributed by atoms with E-state index in [2.05, 4.69) is 0 Å². The summed E-state index contributed by atoms with van der Waals surface area (Å²) >= 11 is 0. The van der Waals surface area contributed by atoms with Crippen molar-refractivity contribution in [2.75, 3.05) is 18.6 Å². The van der Waals surface area contributed by atoms with Gasteiger partial charge in [0.25, 0.3) is 0 Å². The van der Waals surface area contributed by atoms with Gasteiger partial charge in [-0.1, -0.05) is 0 Å². The first-order valence-electron chi connectivity index (χ1n) is 5.03. The summed E-state index contributed by atoms with van der Waals surface area (Å²) in [5, 5.41) is 0. The van der Waals surface area contributed by atoms with Gasteiger partial charge in [-0.3, -0.25) is 4.79 Å². The Labute approximate surface area is 90.5 Å². The van der Waals surface area contributed by atoms with Crippen molar-refractivity contribution in [1.82, 2.24) is 4.90 Å². The highest BCUT2D eigenvalue weighted by Crippen LogP contribution is 2.25. The highest BCUT2D eigenvalue weighted by Gasteiger charge is 2.31. The summed E-state index contributed by atoms with van der Waals surface area (Å²) in [5.41, 5.74) is 5.40. The van der Waals surface area contributed by atoms with Gasteiger partial charge in [0.15, 0.2) is 9.84 Å². The van der Waals surface area contributed by atoms with Gasteiger partial charge in [-0.2, -0.15) is 0 Å². The fourth-order valence-electron chi connectivity index (χ4n) is 1.41. The number of nitrogens with zero attached hydrogens (tertiary/aromatic N) is 1. The van der Waals surface area contributed by atoms with Crippen molar-refractivity contribution in [3.8, 4) is 0 Å². The van der Waals surface area contributed by atoms with Crippen molar-refractivity contribution in [3.05, 3.63) is 0 Å². The summed E-state index contributed by atoms with van der Waals surface area (Å²) in [5.74, 6) is -0.864. The molecule has 1 atom stereocenters. The molecule has 1 fully saturated rings. The van der Waals surface area contributed by atoms with Gasteiger partial charge in [-0.15, -0.1) is 0 Å². The Morgan fingerprint density at radius 3 is 2.47 bits per heavy atom. The molecule has 0 radical (unpaired) electrons. The third kappa shape index (κ3) is 4.17. The van der Waals surface area contributed by atoms with Crippen LogP contribution in [-0.4, -0.2) is 49.9 Å². The van der Waals surface area contributed by atoms with Crippen molar-refractivity contribution < 1.29 is 13.2 Å². The van der Waals surface area contributed by atoms with Gasteiger partial charge in [0.05, 0.1) is 5.75 Å². The molecule has 0 aromatic rings. The summed E-state index contributed by atoms with van der Waals surface area (Å²) < 4.78 is 22.9. The largest absolute Gasteiger partial charge is 0.342 e. The number of hydrogen-bond acceptors (Lipinski definition) is 4. The normalized spacial score (nSPS) is 18.6. The van der Waals surface area contributed by atoms with Crippen LogP contribution in [0.25, 0.3) is 0 Å². The van der Waals surface area contributed by atoms with E-state index in [0.717, 1.165) is 12.8 Å². The monoisotopic (exact) mass is 234 g/mol. The Morgan fingerprint density at radius 1 is 1.53 bits per heavy atom. The van der Waals surface area contributed by atoms with E-state index in [-0.39, 0.29) is 17.7 Å². The summed E-state index contributed by atoms with van der Waals surface area (Å²) in [6, 6.07) is -0.169. The molecular formula is C9H18N2O3S. The molecule has 0 aliphatic heterocycles. The summed E-state index contributed by atoms with van der Waals surface area (Å²) in [6.45, 7) is 1.62. The van der Waals surface area contributed by atoms with Gasteiger partial charge in [-0.05, 0) is 19.8 Å². The number of sulfone groups is 1. The second-order valence-corrected chi connectivity index (χ2v) is 6.38. The van der Waals surface area contributed by atoms with Gasteiger partial charge in [0.1, 0.15) is 5.75 Å². The van der Waals surface area contributed by atoms with Gasteiger partial charge in [0, 0.05) is 19.1 Å². The molecule has 0 aromatic carbocycles. The Morgan fingerprint density at radius 2 is 2.07 bits per heavy atom. The van der Waals surface area contributed by atoms with Crippen LogP contribution in [0.5, 0.6) is 0 Å². The number of amides is 1. The second kappa shape index (κ2) is 4.49. The second-order valence-electron chi connectivity index (χ2n) is 4.27. The number of carbonyl (C=O) groups excluding carboxylic acids is 1. The lowest BCUT2D eigenvalue weighted by molar-refractivity contribution is -0.127. The molecule has 1 rings (SSSR count). The standard InChI is InChI=1S/C9H18N2O3S/c1-7(10)5-15(13,14)6-9(12)11(2)8-3-4-8/h7-8H,3-6,10H2,1-2H3. The van der Waals surface area contributed by atoms with Crippen LogP contribution in [0.3, 0.4) is 0 Å². The van der Waals surface area contributed by atoms with E-state index in [4.69, 9.17) is 5.73 Å². The predicted octanol–water partition coefficient (Wildman–Crippen LogP) is -0.631. The molecular weight excluding hydrogens is 216 g/mol. The molecule has 0 spiro atoms. The highest BCUT2D eigenvalue weighted by atomic mass is 32.2. The van der Waals surface area contributed by atoms with E-state index in [1.807, 2.05) is 0 Å². The predicted molar refractivity (Wildman–Crippen MR) is 58.1 cm³/mol. The van der Waals surface area contributed by atoms with Crippen LogP contribution < -0.4 is 5.73 Å². The van der Waals surface area contributed by atoms with Crippen LogP contribution in [-0.2, 0) is 14.6 Å². The topological polar surface area (TPSA) is 80.5 Å². The number of nitrogens with two attached hydrogens (primary N) is 1. The molecule has 1 saturated carbocycles. The van der Waals surface area contributed by atoms with Crippen LogP contribution in [0.2, 0.25) is 0 Å². The average molecular weight is 234 g/mol. The van der Waals surface area contributed by atoms with Crippen molar-refractivity contribution in [2.24, 2.45) is 5.73 Å². The van der Waals surface area contributed by atoms with Crippen molar-refractivity contribution in [1.29, 1.82) is 0 Å². The first kappa shape index (κ1) is 12.4. The fourth-order valence-corrected chi connectivity index (χ4v) is 2.91. The molecule has 1 aliphatic carbocycles. The maximum Gasteiger partial charge on any atom is 0.237 e. The van der Waals surface area contributed by atoms with E-state index >= 15 is 0 Å². The molecule has 1 unspecified atom stereocenters. The molecule has 0 saturated heterocycles. The first-order chi connectivity index (χ1) is 6.82. The van der Waals surface area contributed by atoms with Gasteiger partial charge < -0.3 is 10.6 Å². The van der Waals surface area contributed by atoms with Gasteiger partial charge in [0.2, 0.25) is 5.91 Å². The molecule has 5 nitrogen and oxygen atoms in total. The fraction of sp³-hybridized carbons (Fsp3) is 0.889. The Balaban J connectivity index is 2.49. The third-order valence-electron chi connectivity index (χ3n) is 2.35. The van der Waals surface area contributed by atoms with Crippen LogP contribution in [0, 0.1) is 0 Å². The van der Waals surface area contributed by atoms with Crippen LogP contribution in [0.15, 0.2) is 0 Å². The maximum absolute atomic E-state index is 11.5. The van der Waals surface area contributed by atoms with Crippen molar-refractivity contribution in [2.45, 2.75) is 31.8 Å². The number of rotatable bonds is 5. The molecule has 1 amide bonds. The van der Waals surface area contributed by atoms with Crippen LogP contribution in [0.4, 0.5) is 0 Å². The lowest BCUT2D eigenvalue weighted by atomic mass is 10.4. The van der Waals surface area contributed by atoms with Crippen LogP contribution >= 0.6 is 0 Å². The lowest BCUT2D eigenvalue weighted by Crippen LogP contribution is -2.37. The minimum Gasteiger partial charge on any atom is -0.342 e. The van der Waals surface area contributed by atoms with Crippen molar-refractivity contribution >= 4 is 15.7 Å². The zero-order valence-electron chi connectivity index (χ0n) is 9.14. The number of carbonyl (C=O) groups is 1. The molecule has 15 heavy (non-hydrogen) atoms. The number of hydrogen-bond donors (Lipinski definition) is 1. The minimum atomic E-state index is -3.35. The Kier molecular flexibility index (Phi) is 3.72. The Hall–Kier alpha value is -0.620. The molecule has 6 heteroatoms. The quantitative estimate of drug-likeness (QED) is 0.686. The van der Waals surface area contributed by atoms with Gasteiger partial charge >= 0.3 is 0 Å². The molecule has 2 N–H and O–H groups in total. The summed E-state index contributed by atoms with van der Waals surface area (Å²) in [7, 11) is -1.69. The van der Waals surface area contributed by atoms with E-state index in [9.17, 15) is 13.2 Å². The molecule has 0 aromatic heterocycles. The van der Waals surface area contributed by atoms with Crippen molar-refractivity contribution in [3.63, 3.8) is 0 Å². The maximum atomic E-state index is 11.5. The third-order valence-corrected chi connectivity index (χ3v) is 4.07. The summed E-state index contributed by atoms with van der Waals surface area (Å²) in [6.07, 6.45) is 1.96.